The van der Waals surface area contributed by atoms with Crippen LogP contribution < -0.4 is 0 Å². The van der Waals surface area contributed by atoms with Gasteiger partial charge in [0.2, 0.25) is 0 Å². The van der Waals surface area contributed by atoms with Crippen molar-refractivity contribution < 1.29 is 18.0 Å². The van der Waals surface area contributed by atoms with E-state index in [2.05, 4.69) is 47.7 Å². The highest BCUT2D eigenvalue weighted by atomic mass is 32.2. The Morgan fingerprint density at radius 2 is 1.61 bits per heavy atom. The van der Waals surface area contributed by atoms with Crippen LogP contribution in [0.15, 0.2) is 70.7 Å². The molecule has 0 saturated carbocycles. The fourth-order valence-corrected chi connectivity index (χ4v) is 9.21. The molecule has 6 heteroatoms. The molecule has 4 nitrogen and oxygen atoms in total. The van der Waals surface area contributed by atoms with Crippen molar-refractivity contribution in [1.29, 1.82) is 0 Å². The number of aliphatic hydroxyl groups is 1. The second kappa shape index (κ2) is 10.0. The Labute approximate surface area is 220 Å². The first kappa shape index (κ1) is 29.1. The van der Waals surface area contributed by atoms with Gasteiger partial charge in [0, 0.05) is 10.8 Å². The van der Waals surface area contributed by atoms with Crippen LogP contribution in [0.2, 0.25) is 18.1 Å². The van der Waals surface area contributed by atoms with Crippen LogP contribution >= 0.6 is 0 Å². The van der Waals surface area contributed by atoms with Crippen LogP contribution in [0.1, 0.15) is 67.7 Å². The minimum Gasteiger partial charge on any atom is -0.413 e. The van der Waals surface area contributed by atoms with Gasteiger partial charge in [0.15, 0.2) is 18.2 Å². The van der Waals surface area contributed by atoms with E-state index in [1.807, 2.05) is 44.2 Å². The predicted molar refractivity (Wildman–Crippen MR) is 152 cm³/mol. The summed E-state index contributed by atoms with van der Waals surface area (Å²) in [6.45, 7) is 19.4. The highest BCUT2D eigenvalue weighted by molar-refractivity contribution is 7.92. The number of aliphatic hydroxyl groups excluding tert-OH is 1. The number of hydrogen-bond donors (Lipinski definition) is 1. The second-order valence-corrected chi connectivity index (χ2v) is 19.8. The van der Waals surface area contributed by atoms with Crippen molar-refractivity contribution in [3.63, 3.8) is 0 Å². The summed E-state index contributed by atoms with van der Waals surface area (Å²) in [6, 6.07) is 8.58. The van der Waals surface area contributed by atoms with Gasteiger partial charge in [-0.25, -0.2) is 8.42 Å². The molecule has 1 aromatic carbocycles. The van der Waals surface area contributed by atoms with Gasteiger partial charge in [-0.1, -0.05) is 89.6 Å². The zero-order valence-electron chi connectivity index (χ0n) is 23.6. The maximum atomic E-state index is 14.4. The van der Waals surface area contributed by atoms with Crippen molar-refractivity contribution in [2.75, 3.05) is 0 Å². The van der Waals surface area contributed by atoms with Crippen LogP contribution in [0.25, 0.3) is 0 Å². The number of sulfone groups is 1. The Morgan fingerprint density at radius 1 is 1.06 bits per heavy atom. The quantitative estimate of drug-likeness (QED) is 0.298. The SMILES string of the molecule is CC1=C(C(C(O)C2(C)C=CCC=C2)S(=O)(=O)c2ccccc2)C(C)(C)C(O[Si](C)(C)C(C)(C)C)CC1. The van der Waals surface area contributed by atoms with E-state index >= 15 is 0 Å². The molecule has 0 spiro atoms. The maximum Gasteiger partial charge on any atom is 0.192 e. The van der Waals surface area contributed by atoms with Gasteiger partial charge >= 0.3 is 0 Å². The summed E-state index contributed by atoms with van der Waals surface area (Å²) in [6.07, 6.45) is 9.05. The molecule has 3 rings (SSSR count). The molecule has 0 saturated heterocycles. The molecule has 3 atom stereocenters. The van der Waals surface area contributed by atoms with Gasteiger partial charge in [0.1, 0.15) is 5.25 Å². The largest absolute Gasteiger partial charge is 0.413 e. The molecular weight excluding hydrogens is 484 g/mol. The lowest BCUT2D eigenvalue weighted by atomic mass is 9.66. The molecular formula is C30H46O4SSi. The van der Waals surface area contributed by atoms with E-state index < -0.39 is 40.3 Å². The van der Waals surface area contributed by atoms with Crippen LogP contribution in [0.4, 0.5) is 0 Å². The van der Waals surface area contributed by atoms with Crippen LogP contribution in [0.3, 0.4) is 0 Å². The Kier molecular flexibility index (Phi) is 8.09. The summed E-state index contributed by atoms with van der Waals surface area (Å²) in [4.78, 5) is 0.241. The monoisotopic (exact) mass is 530 g/mol. The van der Waals surface area contributed by atoms with Gasteiger partial charge in [-0.3, -0.25) is 0 Å². The first-order chi connectivity index (χ1) is 16.4. The number of hydrogen-bond acceptors (Lipinski definition) is 4. The van der Waals surface area contributed by atoms with E-state index in [0.717, 1.165) is 30.4 Å². The van der Waals surface area contributed by atoms with E-state index in [1.54, 1.807) is 24.3 Å². The van der Waals surface area contributed by atoms with E-state index in [-0.39, 0.29) is 16.0 Å². The smallest absolute Gasteiger partial charge is 0.192 e. The summed E-state index contributed by atoms with van der Waals surface area (Å²) in [5.74, 6) is 0. The van der Waals surface area contributed by atoms with Crippen LogP contribution in [0, 0.1) is 10.8 Å². The topological polar surface area (TPSA) is 63.6 Å². The minimum absolute atomic E-state index is 0.0413. The van der Waals surface area contributed by atoms with Crippen LogP contribution in [-0.4, -0.2) is 39.3 Å². The van der Waals surface area contributed by atoms with Crippen molar-refractivity contribution in [1.82, 2.24) is 0 Å². The molecule has 0 aromatic heterocycles. The summed E-state index contributed by atoms with van der Waals surface area (Å²) in [7, 11) is -6.02. The summed E-state index contributed by atoms with van der Waals surface area (Å²) >= 11 is 0. The Hall–Kier alpha value is -1.47. The first-order valence-electron chi connectivity index (χ1n) is 13.2. The molecule has 0 heterocycles. The minimum atomic E-state index is -3.91. The van der Waals surface area contributed by atoms with Gasteiger partial charge in [0.05, 0.1) is 17.1 Å². The Balaban J connectivity index is 2.19. The number of benzene rings is 1. The highest BCUT2D eigenvalue weighted by Crippen LogP contribution is 2.51. The third-order valence-electron chi connectivity index (χ3n) is 8.82. The average molecular weight is 531 g/mol. The molecule has 2 aliphatic rings. The van der Waals surface area contributed by atoms with Crippen molar-refractivity contribution in [3.05, 3.63) is 65.8 Å². The normalized spacial score (nSPS) is 24.0. The Morgan fingerprint density at radius 3 is 2.14 bits per heavy atom. The summed E-state index contributed by atoms with van der Waals surface area (Å²) in [5.41, 5.74) is 0.499. The zero-order valence-corrected chi connectivity index (χ0v) is 25.4. The zero-order chi connectivity index (χ0) is 27.2. The van der Waals surface area contributed by atoms with Gasteiger partial charge < -0.3 is 9.53 Å². The number of rotatable bonds is 7. The lowest BCUT2D eigenvalue weighted by Crippen LogP contribution is -2.54. The van der Waals surface area contributed by atoms with Gasteiger partial charge in [-0.15, -0.1) is 0 Å². The molecule has 0 aliphatic heterocycles. The van der Waals surface area contributed by atoms with Crippen LogP contribution in [-0.2, 0) is 14.3 Å². The summed E-state index contributed by atoms with van der Waals surface area (Å²) in [5, 5.41) is 10.9. The molecule has 0 fully saturated rings. The van der Waals surface area contributed by atoms with E-state index in [1.165, 1.54) is 0 Å². The van der Waals surface area contributed by atoms with Gasteiger partial charge in [-0.05, 0) is 62.0 Å². The lowest BCUT2D eigenvalue weighted by molar-refractivity contribution is 0.0493. The molecule has 3 unspecified atom stereocenters. The number of allylic oxidation sites excluding steroid dienone is 3. The van der Waals surface area contributed by atoms with E-state index in [4.69, 9.17) is 4.43 Å². The van der Waals surface area contributed by atoms with Gasteiger partial charge in [0.25, 0.3) is 0 Å². The highest BCUT2D eigenvalue weighted by Gasteiger charge is 2.53. The summed E-state index contributed by atoms with van der Waals surface area (Å²) < 4.78 is 35.7. The molecule has 0 radical (unpaired) electrons. The van der Waals surface area contributed by atoms with Gasteiger partial charge in [-0.2, -0.15) is 0 Å². The third kappa shape index (κ3) is 5.38. The van der Waals surface area contributed by atoms with Crippen LogP contribution in [0.5, 0.6) is 0 Å². The Bertz CT molecular complexity index is 1130. The van der Waals surface area contributed by atoms with Crippen molar-refractivity contribution >= 4 is 18.2 Å². The average Bonchev–Trinajstić information content (AvgIpc) is 2.78. The molecule has 0 amide bonds. The third-order valence-corrected chi connectivity index (χ3v) is 15.4. The fraction of sp³-hybridized carbons (Fsp3) is 0.600. The van der Waals surface area contributed by atoms with Crippen molar-refractivity contribution in [2.45, 2.75) is 108 Å². The van der Waals surface area contributed by atoms with E-state index in [0.29, 0.717) is 0 Å². The maximum absolute atomic E-state index is 14.4. The standard InChI is InChI=1S/C30H46O4SSi/c1-22-18-19-24(34-36(8,9)28(2,3)4)29(5,6)25(22)26(27(31)30(7)20-14-11-15-21-30)35(32,33)23-16-12-10-13-17-23/h10,12-17,20-21,24,26-27,31H,11,18-19H2,1-9H3. The molecule has 2 aliphatic carbocycles. The molecule has 1 N–H and O–H groups in total. The lowest BCUT2D eigenvalue weighted by Gasteiger charge is -2.50. The van der Waals surface area contributed by atoms with Crippen molar-refractivity contribution in [2.24, 2.45) is 10.8 Å². The fourth-order valence-electron chi connectivity index (χ4n) is 5.46. The predicted octanol–water partition coefficient (Wildman–Crippen LogP) is 7.24. The molecule has 200 valence electrons. The van der Waals surface area contributed by atoms with E-state index in [9.17, 15) is 13.5 Å². The molecule has 1 aromatic rings. The molecule has 36 heavy (non-hydrogen) atoms. The van der Waals surface area contributed by atoms with Crippen molar-refractivity contribution in [3.8, 4) is 0 Å². The first-order valence-corrected chi connectivity index (χ1v) is 17.6. The molecule has 0 bridgehead atoms. The second-order valence-electron chi connectivity index (χ2n) is 13.0.